The number of para-hydroxylation sites is 1. The van der Waals surface area contributed by atoms with Gasteiger partial charge in [-0.2, -0.15) is 13.2 Å². The number of benzene rings is 2. The van der Waals surface area contributed by atoms with Gasteiger partial charge in [0.1, 0.15) is 5.75 Å². The number of fused-ring (bicyclic) bond motifs is 1. The van der Waals surface area contributed by atoms with E-state index < -0.39 is 24.1 Å². The summed E-state index contributed by atoms with van der Waals surface area (Å²) in [5, 5.41) is 2.95. The van der Waals surface area contributed by atoms with Crippen LogP contribution in [0.2, 0.25) is 5.02 Å². The van der Waals surface area contributed by atoms with E-state index in [9.17, 15) is 22.4 Å². The number of rotatable bonds is 6. The fourth-order valence-electron chi connectivity index (χ4n) is 2.79. The standard InChI is InChI=1S/C22H20ClF4N3O3/c1-4-30(3)21(31)29-14-10-13-8-9-28-20(33-19-15(23)6-5-7-16(19)24)18(13)17(11-14)32-12(2)22(25,26)27/h5-12H,4H2,1-3H3,(H,29,31)/t12-/m0/s1. The van der Waals surface area contributed by atoms with Crippen LogP contribution in [-0.4, -0.2) is 41.8 Å². The fourth-order valence-corrected chi connectivity index (χ4v) is 2.99. The summed E-state index contributed by atoms with van der Waals surface area (Å²) < 4.78 is 64.7. The number of carbonyl (C=O) groups is 1. The van der Waals surface area contributed by atoms with Gasteiger partial charge in [0, 0.05) is 31.5 Å². The maximum atomic E-state index is 14.3. The first-order valence-electron chi connectivity index (χ1n) is 9.81. The number of hydrogen-bond donors (Lipinski definition) is 1. The van der Waals surface area contributed by atoms with Crippen molar-refractivity contribution in [2.45, 2.75) is 26.1 Å². The fraction of sp³-hybridized carbons (Fsp3) is 0.273. The van der Waals surface area contributed by atoms with Crippen LogP contribution in [0.25, 0.3) is 10.8 Å². The summed E-state index contributed by atoms with van der Waals surface area (Å²) in [6.07, 6.45) is -5.52. The van der Waals surface area contributed by atoms with Crippen LogP contribution < -0.4 is 14.8 Å². The Kier molecular flexibility index (Phi) is 7.16. The minimum absolute atomic E-state index is 0.0496. The van der Waals surface area contributed by atoms with Crippen LogP contribution in [0.5, 0.6) is 17.4 Å². The number of alkyl halides is 3. The average Bonchev–Trinajstić information content (AvgIpc) is 2.74. The van der Waals surface area contributed by atoms with Crippen LogP contribution >= 0.6 is 11.6 Å². The molecule has 0 fully saturated rings. The second-order valence-corrected chi connectivity index (χ2v) is 7.49. The van der Waals surface area contributed by atoms with Gasteiger partial charge in [-0.3, -0.25) is 0 Å². The highest BCUT2D eigenvalue weighted by atomic mass is 35.5. The van der Waals surface area contributed by atoms with Crippen molar-refractivity contribution in [1.82, 2.24) is 9.88 Å². The molecule has 1 heterocycles. The summed E-state index contributed by atoms with van der Waals surface area (Å²) in [6.45, 7) is 3.02. The zero-order chi connectivity index (χ0) is 24.3. The summed E-state index contributed by atoms with van der Waals surface area (Å²) in [5.74, 6) is -1.59. The van der Waals surface area contributed by atoms with Crippen molar-refractivity contribution in [3.63, 3.8) is 0 Å². The van der Waals surface area contributed by atoms with E-state index in [0.717, 1.165) is 13.0 Å². The quantitative estimate of drug-likeness (QED) is 0.398. The predicted molar refractivity (Wildman–Crippen MR) is 117 cm³/mol. The lowest BCUT2D eigenvalue weighted by molar-refractivity contribution is -0.189. The van der Waals surface area contributed by atoms with Crippen LogP contribution in [0, 0.1) is 5.82 Å². The molecule has 2 amide bonds. The van der Waals surface area contributed by atoms with Crippen molar-refractivity contribution in [3.8, 4) is 17.4 Å². The summed E-state index contributed by atoms with van der Waals surface area (Å²) in [4.78, 5) is 17.7. The highest BCUT2D eigenvalue weighted by Gasteiger charge is 2.38. The number of ether oxygens (including phenoxy) is 2. The van der Waals surface area contributed by atoms with Gasteiger partial charge in [-0.25, -0.2) is 14.2 Å². The Morgan fingerprint density at radius 3 is 2.64 bits per heavy atom. The van der Waals surface area contributed by atoms with Gasteiger partial charge in [-0.05, 0) is 43.5 Å². The monoisotopic (exact) mass is 485 g/mol. The molecule has 0 radical (unpaired) electrons. The number of urea groups is 1. The third kappa shape index (κ3) is 5.57. The highest BCUT2D eigenvalue weighted by Crippen LogP contribution is 2.41. The Bertz CT molecular complexity index is 1150. The molecule has 1 atom stereocenters. The molecule has 0 spiro atoms. The molecule has 3 rings (SSSR count). The summed E-state index contributed by atoms with van der Waals surface area (Å²) >= 11 is 6.02. The number of carbonyl (C=O) groups excluding carboxylic acids is 1. The smallest absolute Gasteiger partial charge is 0.425 e. The van der Waals surface area contributed by atoms with Crippen LogP contribution in [-0.2, 0) is 0 Å². The van der Waals surface area contributed by atoms with E-state index in [1.165, 1.54) is 41.4 Å². The van der Waals surface area contributed by atoms with Gasteiger partial charge in [-0.1, -0.05) is 17.7 Å². The predicted octanol–water partition coefficient (Wildman–Crippen LogP) is 6.63. The van der Waals surface area contributed by atoms with Gasteiger partial charge in [0.15, 0.2) is 17.7 Å². The van der Waals surface area contributed by atoms with E-state index in [0.29, 0.717) is 11.9 Å². The van der Waals surface area contributed by atoms with Crippen molar-refractivity contribution >= 4 is 34.1 Å². The molecule has 1 N–H and O–H groups in total. The first kappa shape index (κ1) is 24.4. The molecule has 0 saturated heterocycles. The highest BCUT2D eigenvalue weighted by molar-refractivity contribution is 6.32. The van der Waals surface area contributed by atoms with Crippen LogP contribution in [0.4, 0.5) is 28.0 Å². The van der Waals surface area contributed by atoms with E-state index in [2.05, 4.69) is 10.3 Å². The number of nitrogens with one attached hydrogen (secondary N) is 1. The molecule has 6 nitrogen and oxygen atoms in total. The van der Waals surface area contributed by atoms with E-state index in [1.54, 1.807) is 14.0 Å². The Morgan fingerprint density at radius 2 is 2.00 bits per heavy atom. The first-order chi connectivity index (χ1) is 15.5. The van der Waals surface area contributed by atoms with Crippen LogP contribution in [0.15, 0.2) is 42.6 Å². The second-order valence-electron chi connectivity index (χ2n) is 7.09. The van der Waals surface area contributed by atoms with Crippen molar-refractivity contribution < 1.29 is 31.8 Å². The minimum Gasteiger partial charge on any atom is -0.480 e. The van der Waals surface area contributed by atoms with Gasteiger partial charge in [0.05, 0.1) is 10.4 Å². The summed E-state index contributed by atoms with van der Waals surface area (Å²) in [7, 11) is 1.56. The maximum Gasteiger partial charge on any atom is 0.425 e. The average molecular weight is 486 g/mol. The van der Waals surface area contributed by atoms with Gasteiger partial charge < -0.3 is 19.7 Å². The number of nitrogens with zero attached hydrogens (tertiary/aromatic N) is 2. The van der Waals surface area contributed by atoms with Gasteiger partial charge in [0.25, 0.3) is 0 Å². The molecule has 0 bridgehead atoms. The normalized spacial score (nSPS) is 12.4. The van der Waals surface area contributed by atoms with Crippen molar-refractivity contribution in [2.24, 2.45) is 0 Å². The molecule has 0 aliphatic rings. The largest absolute Gasteiger partial charge is 0.480 e. The maximum absolute atomic E-state index is 14.3. The molecular formula is C22H20ClF4N3O3. The topological polar surface area (TPSA) is 63.7 Å². The number of halogens is 5. The summed E-state index contributed by atoms with van der Waals surface area (Å²) in [6, 6.07) is 7.66. The number of hydrogen-bond acceptors (Lipinski definition) is 4. The SMILES string of the molecule is CCN(C)C(=O)Nc1cc(O[C@@H](C)C(F)(F)F)c2c(Oc3c(F)cccc3Cl)nccc2c1. The third-order valence-electron chi connectivity index (χ3n) is 4.75. The van der Waals surface area contributed by atoms with E-state index >= 15 is 0 Å². The van der Waals surface area contributed by atoms with Crippen LogP contribution in [0.3, 0.4) is 0 Å². The molecule has 33 heavy (non-hydrogen) atoms. The van der Waals surface area contributed by atoms with Crippen molar-refractivity contribution in [2.75, 3.05) is 18.9 Å². The molecule has 176 valence electrons. The molecule has 2 aromatic carbocycles. The Labute approximate surface area is 192 Å². The lowest BCUT2D eigenvalue weighted by Gasteiger charge is -2.21. The minimum atomic E-state index is -4.66. The van der Waals surface area contributed by atoms with E-state index in [-0.39, 0.29) is 33.5 Å². The molecule has 11 heteroatoms. The van der Waals surface area contributed by atoms with Crippen LogP contribution in [0.1, 0.15) is 13.8 Å². The number of anilines is 1. The molecule has 0 saturated carbocycles. The van der Waals surface area contributed by atoms with Gasteiger partial charge in [0.2, 0.25) is 5.88 Å². The molecule has 0 aliphatic carbocycles. The number of pyridine rings is 1. The lowest BCUT2D eigenvalue weighted by Crippen LogP contribution is -2.32. The Balaban J connectivity index is 2.14. The van der Waals surface area contributed by atoms with E-state index in [4.69, 9.17) is 21.1 Å². The molecule has 3 aromatic rings. The first-order valence-corrected chi connectivity index (χ1v) is 10.2. The molecule has 0 unspecified atom stereocenters. The van der Waals surface area contributed by atoms with Gasteiger partial charge >= 0.3 is 12.2 Å². The molecule has 0 aliphatic heterocycles. The molecular weight excluding hydrogens is 466 g/mol. The van der Waals surface area contributed by atoms with E-state index in [1.807, 2.05) is 0 Å². The zero-order valence-electron chi connectivity index (χ0n) is 17.8. The summed E-state index contributed by atoms with van der Waals surface area (Å²) in [5.41, 5.74) is 0.193. The lowest BCUT2D eigenvalue weighted by atomic mass is 10.1. The third-order valence-corrected chi connectivity index (χ3v) is 5.04. The number of amides is 2. The van der Waals surface area contributed by atoms with Crippen molar-refractivity contribution in [1.29, 1.82) is 0 Å². The van der Waals surface area contributed by atoms with Crippen molar-refractivity contribution in [3.05, 3.63) is 53.4 Å². The van der Waals surface area contributed by atoms with Gasteiger partial charge in [-0.15, -0.1) is 0 Å². The number of aromatic nitrogens is 1. The molecule has 1 aromatic heterocycles. The second kappa shape index (κ2) is 9.70. The zero-order valence-corrected chi connectivity index (χ0v) is 18.6. The Hall–Kier alpha value is -3.27. The Morgan fingerprint density at radius 1 is 1.27 bits per heavy atom.